The number of benzene rings is 1. The Morgan fingerprint density at radius 3 is 2.75 bits per heavy atom. The van der Waals surface area contributed by atoms with Crippen LogP contribution < -0.4 is 5.73 Å². The SMILES string of the molecule is Cc1ccc(CN(C/C(N)=N/O)C2CCCC2)c(Cl)c1. The predicted octanol–water partition coefficient (Wildman–Crippen LogP) is 3.14. The maximum absolute atomic E-state index is 8.79. The maximum Gasteiger partial charge on any atom is 0.153 e. The Morgan fingerprint density at radius 2 is 2.15 bits per heavy atom. The van der Waals surface area contributed by atoms with Crippen molar-refractivity contribution in [2.24, 2.45) is 10.9 Å². The van der Waals surface area contributed by atoms with Crippen LogP contribution in [0.1, 0.15) is 36.8 Å². The molecule has 1 aromatic carbocycles. The Balaban J connectivity index is 2.13. The van der Waals surface area contributed by atoms with Crippen molar-refractivity contribution in [3.63, 3.8) is 0 Å². The normalized spacial score (nSPS) is 17.1. The molecule has 0 bridgehead atoms. The molecule has 4 nitrogen and oxygen atoms in total. The van der Waals surface area contributed by atoms with Crippen molar-refractivity contribution in [1.82, 2.24) is 4.90 Å². The van der Waals surface area contributed by atoms with Crippen LogP contribution in [0, 0.1) is 6.92 Å². The zero-order chi connectivity index (χ0) is 14.5. The molecule has 5 heteroatoms. The van der Waals surface area contributed by atoms with Gasteiger partial charge in [-0.3, -0.25) is 4.90 Å². The van der Waals surface area contributed by atoms with Gasteiger partial charge < -0.3 is 10.9 Å². The van der Waals surface area contributed by atoms with Gasteiger partial charge in [-0.2, -0.15) is 0 Å². The van der Waals surface area contributed by atoms with Crippen molar-refractivity contribution in [1.29, 1.82) is 0 Å². The molecule has 0 spiro atoms. The quantitative estimate of drug-likeness (QED) is 0.380. The summed E-state index contributed by atoms with van der Waals surface area (Å²) in [6.45, 7) is 3.24. The van der Waals surface area contributed by atoms with Crippen molar-refractivity contribution >= 4 is 17.4 Å². The zero-order valence-corrected chi connectivity index (χ0v) is 12.6. The van der Waals surface area contributed by atoms with Crippen LogP contribution in [0.3, 0.4) is 0 Å². The highest BCUT2D eigenvalue weighted by Gasteiger charge is 2.24. The summed E-state index contributed by atoms with van der Waals surface area (Å²) in [6.07, 6.45) is 4.84. The van der Waals surface area contributed by atoms with Gasteiger partial charge in [-0.1, -0.05) is 41.7 Å². The molecule has 3 N–H and O–H groups in total. The second kappa shape index (κ2) is 6.95. The lowest BCUT2D eigenvalue weighted by Gasteiger charge is -2.28. The Hall–Kier alpha value is -1.26. The largest absolute Gasteiger partial charge is 0.409 e. The number of aryl methyl sites for hydroxylation is 1. The summed E-state index contributed by atoms with van der Waals surface area (Å²) < 4.78 is 0. The van der Waals surface area contributed by atoms with E-state index in [9.17, 15) is 0 Å². The fourth-order valence-electron chi connectivity index (χ4n) is 2.82. The summed E-state index contributed by atoms with van der Waals surface area (Å²) in [5, 5.41) is 12.7. The van der Waals surface area contributed by atoms with E-state index in [2.05, 4.69) is 22.2 Å². The molecule has 2 rings (SSSR count). The molecule has 0 saturated heterocycles. The van der Waals surface area contributed by atoms with E-state index < -0.39 is 0 Å². The number of rotatable bonds is 5. The predicted molar refractivity (Wildman–Crippen MR) is 82.3 cm³/mol. The van der Waals surface area contributed by atoms with Gasteiger partial charge in [-0.05, 0) is 37.0 Å². The van der Waals surface area contributed by atoms with Gasteiger partial charge in [0.15, 0.2) is 5.84 Å². The number of hydrogen-bond acceptors (Lipinski definition) is 3. The van der Waals surface area contributed by atoms with E-state index in [1.165, 1.54) is 25.7 Å². The Morgan fingerprint density at radius 1 is 1.45 bits per heavy atom. The van der Waals surface area contributed by atoms with Crippen LogP contribution in [-0.2, 0) is 6.54 Å². The fraction of sp³-hybridized carbons (Fsp3) is 0.533. The minimum atomic E-state index is 0.250. The molecule has 1 fully saturated rings. The monoisotopic (exact) mass is 295 g/mol. The molecular weight excluding hydrogens is 274 g/mol. The van der Waals surface area contributed by atoms with E-state index in [4.69, 9.17) is 22.5 Å². The van der Waals surface area contributed by atoms with Gasteiger partial charge in [-0.25, -0.2) is 0 Å². The van der Waals surface area contributed by atoms with Crippen LogP contribution in [0.15, 0.2) is 23.4 Å². The standard InChI is InChI=1S/C15H22ClN3O/c1-11-6-7-12(14(16)8-11)9-19(10-15(17)18-20)13-4-2-3-5-13/h6-8,13,20H,2-5,9-10H2,1H3,(H2,17,18). The smallest absolute Gasteiger partial charge is 0.153 e. The Bertz CT molecular complexity index is 484. The molecule has 1 aromatic rings. The lowest BCUT2D eigenvalue weighted by molar-refractivity contribution is 0.214. The van der Waals surface area contributed by atoms with E-state index in [-0.39, 0.29) is 5.84 Å². The van der Waals surface area contributed by atoms with E-state index in [0.29, 0.717) is 12.6 Å². The summed E-state index contributed by atoms with van der Waals surface area (Å²) in [5.74, 6) is 0.250. The van der Waals surface area contributed by atoms with E-state index in [1.54, 1.807) is 0 Å². The first kappa shape index (κ1) is 15.1. The lowest BCUT2D eigenvalue weighted by Crippen LogP contribution is -2.39. The molecule has 0 unspecified atom stereocenters. The van der Waals surface area contributed by atoms with Crippen molar-refractivity contribution < 1.29 is 5.21 Å². The van der Waals surface area contributed by atoms with Crippen molar-refractivity contribution in [3.05, 3.63) is 34.3 Å². The third kappa shape index (κ3) is 3.87. The van der Waals surface area contributed by atoms with Crippen molar-refractivity contribution in [2.75, 3.05) is 6.54 Å². The van der Waals surface area contributed by atoms with Gasteiger partial charge in [0, 0.05) is 17.6 Å². The summed E-state index contributed by atoms with van der Waals surface area (Å²) >= 11 is 6.31. The van der Waals surface area contributed by atoms with Crippen LogP contribution in [0.5, 0.6) is 0 Å². The Labute approximate surface area is 125 Å². The van der Waals surface area contributed by atoms with E-state index in [1.807, 2.05) is 13.0 Å². The highest BCUT2D eigenvalue weighted by atomic mass is 35.5. The molecule has 20 heavy (non-hydrogen) atoms. The average molecular weight is 296 g/mol. The molecule has 0 heterocycles. The summed E-state index contributed by atoms with van der Waals surface area (Å²) in [4.78, 5) is 2.26. The second-order valence-electron chi connectivity index (χ2n) is 5.53. The highest BCUT2D eigenvalue weighted by molar-refractivity contribution is 6.31. The summed E-state index contributed by atoms with van der Waals surface area (Å²) in [6, 6.07) is 6.60. The molecule has 0 aromatic heterocycles. The van der Waals surface area contributed by atoms with Crippen LogP contribution in [0.4, 0.5) is 0 Å². The lowest BCUT2D eigenvalue weighted by atomic mass is 10.1. The number of amidine groups is 1. The topological polar surface area (TPSA) is 61.8 Å². The average Bonchev–Trinajstić information content (AvgIpc) is 2.94. The van der Waals surface area contributed by atoms with Gasteiger partial charge in [0.05, 0.1) is 6.54 Å². The first-order chi connectivity index (χ1) is 9.60. The van der Waals surface area contributed by atoms with Crippen LogP contribution in [0.2, 0.25) is 5.02 Å². The van der Waals surface area contributed by atoms with Crippen LogP contribution >= 0.6 is 11.6 Å². The van der Waals surface area contributed by atoms with Gasteiger partial charge in [0.1, 0.15) is 0 Å². The molecule has 0 atom stereocenters. The number of nitrogens with two attached hydrogens (primary N) is 1. The zero-order valence-electron chi connectivity index (χ0n) is 11.8. The molecule has 0 radical (unpaired) electrons. The van der Waals surface area contributed by atoms with Gasteiger partial charge in [0.25, 0.3) is 0 Å². The fourth-order valence-corrected chi connectivity index (χ4v) is 3.12. The minimum Gasteiger partial charge on any atom is -0.409 e. The number of oxime groups is 1. The number of halogens is 1. The first-order valence-corrected chi connectivity index (χ1v) is 7.43. The van der Waals surface area contributed by atoms with E-state index in [0.717, 1.165) is 22.7 Å². The van der Waals surface area contributed by atoms with Crippen LogP contribution in [-0.4, -0.2) is 28.5 Å². The number of hydrogen-bond donors (Lipinski definition) is 2. The maximum atomic E-state index is 8.79. The summed E-state index contributed by atoms with van der Waals surface area (Å²) in [7, 11) is 0. The van der Waals surface area contributed by atoms with Crippen molar-refractivity contribution in [3.8, 4) is 0 Å². The molecule has 0 amide bonds. The number of nitrogens with zero attached hydrogens (tertiary/aromatic N) is 2. The Kier molecular flexibility index (Phi) is 5.26. The van der Waals surface area contributed by atoms with Gasteiger partial charge in [-0.15, -0.1) is 0 Å². The van der Waals surface area contributed by atoms with Crippen molar-refractivity contribution in [2.45, 2.75) is 45.2 Å². The first-order valence-electron chi connectivity index (χ1n) is 7.05. The minimum absolute atomic E-state index is 0.250. The second-order valence-corrected chi connectivity index (χ2v) is 5.94. The van der Waals surface area contributed by atoms with Crippen LogP contribution in [0.25, 0.3) is 0 Å². The van der Waals surface area contributed by atoms with Gasteiger partial charge >= 0.3 is 0 Å². The molecule has 110 valence electrons. The third-order valence-electron chi connectivity index (χ3n) is 3.92. The van der Waals surface area contributed by atoms with Gasteiger partial charge in [0.2, 0.25) is 0 Å². The third-order valence-corrected chi connectivity index (χ3v) is 4.27. The summed E-state index contributed by atoms with van der Waals surface area (Å²) in [5.41, 5.74) is 7.93. The molecule has 1 saturated carbocycles. The molecular formula is C15H22ClN3O. The molecule has 1 aliphatic rings. The molecule has 0 aliphatic heterocycles. The molecule has 1 aliphatic carbocycles. The highest BCUT2D eigenvalue weighted by Crippen LogP contribution is 2.27. The van der Waals surface area contributed by atoms with E-state index >= 15 is 0 Å².